The number of carbonyl (C=O) groups is 1. The number of ether oxygens (including phenoxy) is 1. The number of pyridine rings is 1. The van der Waals surface area contributed by atoms with E-state index in [9.17, 15) is 4.79 Å². The largest absolute Gasteiger partial charge is 0.461 e. The van der Waals surface area contributed by atoms with Crippen LogP contribution >= 0.6 is 12.4 Å². The zero-order valence-electron chi connectivity index (χ0n) is 9.14. The third kappa shape index (κ3) is 2.33. The van der Waals surface area contributed by atoms with Crippen molar-refractivity contribution in [2.75, 3.05) is 6.61 Å². The minimum Gasteiger partial charge on any atom is -0.461 e. The molecule has 0 atom stereocenters. The van der Waals surface area contributed by atoms with Gasteiger partial charge in [-0.2, -0.15) is 0 Å². The molecule has 2 aromatic rings. The average molecular weight is 241 g/mol. The smallest absolute Gasteiger partial charge is 0.358 e. The summed E-state index contributed by atoms with van der Waals surface area (Å²) in [6.07, 6.45) is 3.55. The third-order valence-corrected chi connectivity index (χ3v) is 2.10. The summed E-state index contributed by atoms with van der Waals surface area (Å²) in [5, 5.41) is 0. The summed E-state index contributed by atoms with van der Waals surface area (Å²) in [5.74, 6) is -0.376. The fourth-order valence-corrected chi connectivity index (χ4v) is 1.39. The van der Waals surface area contributed by atoms with Crippen molar-refractivity contribution >= 4 is 24.0 Å². The van der Waals surface area contributed by atoms with Gasteiger partial charge in [0.1, 0.15) is 5.65 Å². The summed E-state index contributed by atoms with van der Waals surface area (Å²) < 4.78 is 6.68. The lowest BCUT2D eigenvalue weighted by atomic mass is 10.3. The molecule has 0 N–H and O–H groups in total. The van der Waals surface area contributed by atoms with E-state index in [0.717, 1.165) is 11.2 Å². The summed E-state index contributed by atoms with van der Waals surface area (Å²) in [7, 11) is 0. The van der Waals surface area contributed by atoms with E-state index in [4.69, 9.17) is 4.74 Å². The Kier molecular flexibility index (Phi) is 3.90. The van der Waals surface area contributed by atoms with Crippen LogP contribution in [0.15, 0.2) is 24.5 Å². The fourth-order valence-electron chi connectivity index (χ4n) is 1.39. The Labute approximate surface area is 99.7 Å². The van der Waals surface area contributed by atoms with Gasteiger partial charge in [-0.25, -0.2) is 9.78 Å². The molecule has 0 amide bonds. The molecule has 5 heteroatoms. The Morgan fingerprint density at radius 2 is 2.31 bits per heavy atom. The van der Waals surface area contributed by atoms with Crippen LogP contribution in [0.1, 0.15) is 23.0 Å². The zero-order valence-corrected chi connectivity index (χ0v) is 9.95. The van der Waals surface area contributed by atoms with Crippen LogP contribution in [0.5, 0.6) is 0 Å². The molecule has 2 aromatic heterocycles. The molecule has 0 unspecified atom stereocenters. The number of carbonyl (C=O) groups excluding carboxylic acids is 1. The number of halogens is 1. The molecule has 0 aliphatic rings. The van der Waals surface area contributed by atoms with Crippen LogP contribution in [0.3, 0.4) is 0 Å². The van der Waals surface area contributed by atoms with Crippen LogP contribution in [-0.4, -0.2) is 22.0 Å². The van der Waals surface area contributed by atoms with E-state index in [0.29, 0.717) is 12.3 Å². The number of imidazole rings is 1. The molecule has 2 rings (SSSR count). The molecule has 0 bridgehead atoms. The van der Waals surface area contributed by atoms with Gasteiger partial charge in [-0.3, -0.25) is 0 Å². The summed E-state index contributed by atoms with van der Waals surface area (Å²) in [5.41, 5.74) is 2.23. The maximum Gasteiger partial charge on any atom is 0.358 e. The van der Waals surface area contributed by atoms with Crippen LogP contribution < -0.4 is 0 Å². The molecule has 16 heavy (non-hydrogen) atoms. The Bertz CT molecular complexity index is 508. The predicted molar refractivity (Wildman–Crippen MR) is 63.1 cm³/mol. The second-order valence-corrected chi connectivity index (χ2v) is 3.32. The Morgan fingerprint density at radius 3 is 3.00 bits per heavy atom. The number of hydrogen-bond acceptors (Lipinski definition) is 3. The fraction of sp³-hybridized carbons (Fsp3) is 0.273. The van der Waals surface area contributed by atoms with Crippen molar-refractivity contribution in [2.24, 2.45) is 0 Å². The van der Waals surface area contributed by atoms with Gasteiger partial charge in [0, 0.05) is 12.4 Å². The van der Waals surface area contributed by atoms with Crippen molar-refractivity contribution in [2.45, 2.75) is 13.8 Å². The normalized spacial score (nSPS) is 9.88. The van der Waals surface area contributed by atoms with Gasteiger partial charge < -0.3 is 9.14 Å². The summed E-state index contributed by atoms with van der Waals surface area (Å²) >= 11 is 0. The Morgan fingerprint density at radius 1 is 1.56 bits per heavy atom. The SMILES string of the molecule is CCOC(=O)c1cn2ccc(C)cc2n1.Cl. The maximum atomic E-state index is 11.4. The van der Waals surface area contributed by atoms with Crippen LogP contribution in [0.2, 0.25) is 0 Å². The molecule has 2 heterocycles. The van der Waals surface area contributed by atoms with Gasteiger partial charge in [0.2, 0.25) is 0 Å². The highest BCUT2D eigenvalue weighted by molar-refractivity contribution is 5.87. The predicted octanol–water partition coefficient (Wildman–Crippen LogP) is 2.24. The second kappa shape index (κ2) is 4.99. The molecule has 0 fully saturated rings. The highest BCUT2D eigenvalue weighted by Gasteiger charge is 2.10. The molecule has 0 aliphatic heterocycles. The number of aryl methyl sites for hydroxylation is 1. The first-order valence-corrected chi connectivity index (χ1v) is 4.83. The number of fused-ring (bicyclic) bond motifs is 1. The molecule has 0 radical (unpaired) electrons. The van der Waals surface area contributed by atoms with Crippen LogP contribution in [-0.2, 0) is 4.74 Å². The number of rotatable bonds is 2. The van der Waals surface area contributed by atoms with E-state index in [1.54, 1.807) is 17.5 Å². The van der Waals surface area contributed by atoms with Gasteiger partial charge in [0.15, 0.2) is 5.69 Å². The molecule has 0 saturated carbocycles. The summed E-state index contributed by atoms with van der Waals surface area (Å²) in [4.78, 5) is 15.6. The molecule has 0 spiro atoms. The van der Waals surface area contributed by atoms with Gasteiger partial charge in [-0.1, -0.05) is 0 Å². The van der Waals surface area contributed by atoms with Crippen molar-refractivity contribution in [1.29, 1.82) is 0 Å². The minimum atomic E-state index is -0.376. The van der Waals surface area contributed by atoms with E-state index >= 15 is 0 Å². The van der Waals surface area contributed by atoms with Crippen LogP contribution in [0, 0.1) is 6.92 Å². The topological polar surface area (TPSA) is 43.6 Å². The number of esters is 1. The molecule has 0 saturated heterocycles. The van der Waals surface area contributed by atoms with E-state index in [-0.39, 0.29) is 18.4 Å². The lowest BCUT2D eigenvalue weighted by Crippen LogP contribution is -2.04. The van der Waals surface area contributed by atoms with Crippen molar-refractivity contribution in [1.82, 2.24) is 9.38 Å². The highest BCUT2D eigenvalue weighted by Crippen LogP contribution is 2.08. The van der Waals surface area contributed by atoms with Crippen LogP contribution in [0.4, 0.5) is 0 Å². The van der Waals surface area contributed by atoms with E-state index < -0.39 is 0 Å². The monoisotopic (exact) mass is 240 g/mol. The Balaban J connectivity index is 0.00000128. The maximum absolute atomic E-state index is 11.4. The van der Waals surface area contributed by atoms with Gasteiger partial charge in [0.05, 0.1) is 6.61 Å². The van der Waals surface area contributed by atoms with Crippen molar-refractivity contribution in [3.8, 4) is 0 Å². The standard InChI is InChI=1S/C11H12N2O2.ClH/c1-3-15-11(14)9-7-13-5-4-8(2)6-10(13)12-9;/h4-7H,3H2,1-2H3;1H. The molecule has 86 valence electrons. The Hall–Kier alpha value is -1.55. The third-order valence-electron chi connectivity index (χ3n) is 2.10. The van der Waals surface area contributed by atoms with E-state index in [1.807, 2.05) is 25.3 Å². The molecule has 0 aliphatic carbocycles. The second-order valence-electron chi connectivity index (χ2n) is 3.32. The molecule has 0 aromatic carbocycles. The summed E-state index contributed by atoms with van der Waals surface area (Å²) in [6, 6.07) is 3.88. The number of aromatic nitrogens is 2. The van der Waals surface area contributed by atoms with Crippen molar-refractivity contribution in [3.63, 3.8) is 0 Å². The molecular formula is C11H13ClN2O2. The number of hydrogen-bond donors (Lipinski definition) is 0. The first kappa shape index (κ1) is 12.5. The lowest BCUT2D eigenvalue weighted by molar-refractivity contribution is 0.0520. The summed E-state index contributed by atoms with van der Waals surface area (Å²) in [6.45, 7) is 4.13. The highest BCUT2D eigenvalue weighted by atomic mass is 35.5. The molecule has 4 nitrogen and oxygen atoms in total. The zero-order chi connectivity index (χ0) is 10.8. The lowest BCUT2D eigenvalue weighted by Gasteiger charge is -1.95. The van der Waals surface area contributed by atoms with Gasteiger partial charge in [0.25, 0.3) is 0 Å². The van der Waals surface area contributed by atoms with Gasteiger partial charge in [-0.15, -0.1) is 12.4 Å². The average Bonchev–Trinajstić information content (AvgIpc) is 2.60. The first-order valence-electron chi connectivity index (χ1n) is 4.83. The van der Waals surface area contributed by atoms with Gasteiger partial charge in [-0.05, 0) is 31.5 Å². The van der Waals surface area contributed by atoms with Crippen molar-refractivity contribution < 1.29 is 9.53 Å². The van der Waals surface area contributed by atoms with Crippen molar-refractivity contribution in [3.05, 3.63) is 35.8 Å². The van der Waals surface area contributed by atoms with Gasteiger partial charge >= 0.3 is 5.97 Å². The number of nitrogens with zero attached hydrogens (tertiary/aromatic N) is 2. The van der Waals surface area contributed by atoms with E-state index in [1.165, 1.54) is 0 Å². The quantitative estimate of drug-likeness (QED) is 0.757. The first-order chi connectivity index (χ1) is 7.20. The minimum absolute atomic E-state index is 0. The van der Waals surface area contributed by atoms with Crippen LogP contribution in [0.25, 0.3) is 5.65 Å². The molecular weight excluding hydrogens is 228 g/mol. The van der Waals surface area contributed by atoms with E-state index in [2.05, 4.69) is 4.98 Å².